The number of hydrogen-bond donors (Lipinski definition) is 2. The Bertz CT molecular complexity index is 673. The van der Waals surface area contributed by atoms with E-state index in [-0.39, 0.29) is 11.7 Å². The first kappa shape index (κ1) is 14.4. The molecule has 0 saturated heterocycles. The van der Waals surface area contributed by atoms with Gasteiger partial charge >= 0.3 is 0 Å². The Morgan fingerprint density at radius 2 is 2.30 bits per heavy atom. The van der Waals surface area contributed by atoms with Crippen LogP contribution in [0.25, 0.3) is 0 Å². The number of nitrogen functional groups attached to an aromatic ring is 1. The number of carbonyl (C=O) groups excluding carboxylic acids is 1. The Kier molecular flexibility index (Phi) is 4.66. The Balaban J connectivity index is 1.96. The molecule has 0 saturated carbocycles. The third-order valence-electron chi connectivity index (χ3n) is 2.61. The van der Waals surface area contributed by atoms with Gasteiger partial charge in [0.15, 0.2) is 0 Å². The fourth-order valence-electron chi connectivity index (χ4n) is 1.57. The molecule has 2 rings (SSSR count). The minimum atomic E-state index is -0.129. The SMILES string of the molecule is Cc1ccc(N)cc1SCC(=O)Nc1sccc1C#N. The summed E-state index contributed by atoms with van der Waals surface area (Å²) in [6, 6.07) is 9.36. The van der Waals surface area contributed by atoms with E-state index in [4.69, 9.17) is 11.0 Å². The lowest BCUT2D eigenvalue weighted by molar-refractivity contribution is -0.113. The minimum absolute atomic E-state index is 0.129. The van der Waals surface area contributed by atoms with Crippen LogP contribution in [0.3, 0.4) is 0 Å². The highest BCUT2D eigenvalue weighted by Gasteiger charge is 2.09. The molecule has 102 valence electrons. The van der Waals surface area contributed by atoms with Crippen molar-refractivity contribution in [3.8, 4) is 6.07 Å². The summed E-state index contributed by atoms with van der Waals surface area (Å²) < 4.78 is 0. The monoisotopic (exact) mass is 303 g/mol. The second-order valence-corrected chi connectivity index (χ2v) is 6.07. The van der Waals surface area contributed by atoms with Crippen LogP contribution < -0.4 is 11.1 Å². The van der Waals surface area contributed by atoms with Gasteiger partial charge < -0.3 is 11.1 Å². The second-order valence-electron chi connectivity index (χ2n) is 4.14. The van der Waals surface area contributed by atoms with E-state index >= 15 is 0 Å². The molecule has 0 spiro atoms. The molecule has 3 N–H and O–H groups in total. The van der Waals surface area contributed by atoms with Gasteiger partial charge in [0.2, 0.25) is 5.91 Å². The normalized spacial score (nSPS) is 10.0. The van der Waals surface area contributed by atoms with Crippen LogP contribution in [0.15, 0.2) is 34.5 Å². The Morgan fingerprint density at radius 3 is 3.05 bits per heavy atom. The number of thiophene rings is 1. The van der Waals surface area contributed by atoms with Crippen LogP contribution >= 0.6 is 23.1 Å². The van der Waals surface area contributed by atoms with Crippen LogP contribution in [0.2, 0.25) is 0 Å². The fraction of sp³-hybridized carbons (Fsp3) is 0.143. The summed E-state index contributed by atoms with van der Waals surface area (Å²) >= 11 is 2.78. The number of hydrogen-bond acceptors (Lipinski definition) is 5. The van der Waals surface area contributed by atoms with E-state index < -0.39 is 0 Å². The lowest BCUT2D eigenvalue weighted by atomic mass is 10.2. The molecule has 0 aliphatic rings. The van der Waals surface area contributed by atoms with Gasteiger partial charge in [-0.25, -0.2) is 0 Å². The molecule has 0 radical (unpaired) electrons. The van der Waals surface area contributed by atoms with E-state index in [2.05, 4.69) is 5.32 Å². The first-order chi connectivity index (χ1) is 9.60. The molecule has 1 amide bonds. The number of nitrogens with one attached hydrogen (secondary N) is 1. The number of amides is 1. The first-order valence-electron chi connectivity index (χ1n) is 5.86. The van der Waals surface area contributed by atoms with Gasteiger partial charge in [-0.2, -0.15) is 5.26 Å². The Labute approximate surface area is 125 Å². The molecule has 0 bridgehead atoms. The number of thioether (sulfide) groups is 1. The van der Waals surface area contributed by atoms with E-state index in [1.54, 1.807) is 11.4 Å². The standard InChI is InChI=1S/C14H13N3OS2/c1-9-2-3-11(16)6-12(9)20-8-13(18)17-14-10(7-15)4-5-19-14/h2-6H,8,16H2,1H3,(H,17,18). The van der Waals surface area contributed by atoms with Crippen LogP contribution in [-0.2, 0) is 4.79 Å². The molecule has 6 heteroatoms. The van der Waals surface area contributed by atoms with Gasteiger partial charge in [0.25, 0.3) is 0 Å². The predicted molar refractivity (Wildman–Crippen MR) is 84.0 cm³/mol. The zero-order valence-corrected chi connectivity index (χ0v) is 12.5. The number of benzene rings is 1. The average Bonchev–Trinajstić information content (AvgIpc) is 2.87. The van der Waals surface area contributed by atoms with E-state index in [1.807, 2.05) is 31.2 Å². The summed E-state index contributed by atoms with van der Waals surface area (Å²) in [5.41, 5.74) is 8.00. The Hall–Kier alpha value is -1.97. The molecular formula is C14H13N3OS2. The zero-order valence-electron chi connectivity index (χ0n) is 10.8. The largest absolute Gasteiger partial charge is 0.399 e. The van der Waals surface area contributed by atoms with Crippen molar-refractivity contribution in [2.24, 2.45) is 0 Å². The molecular weight excluding hydrogens is 290 g/mol. The number of anilines is 2. The molecule has 1 aromatic heterocycles. The van der Waals surface area contributed by atoms with Crippen LogP contribution in [0.4, 0.5) is 10.7 Å². The summed E-state index contributed by atoms with van der Waals surface area (Å²) in [7, 11) is 0. The summed E-state index contributed by atoms with van der Waals surface area (Å²) in [6.07, 6.45) is 0. The van der Waals surface area contributed by atoms with Crippen molar-refractivity contribution in [3.05, 3.63) is 40.8 Å². The summed E-state index contributed by atoms with van der Waals surface area (Å²) in [5, 5.41) is 14.0. The summed E-state index contributed by atoms with van der Waals surface area (Å²) in [4.78, 5) is 12.9. The van der Waals surface area contributed by atoms with Gasteiger partial charge in [-0.15, -0.1) is 23.1 Å². The van der Waals surface area contributed by atoms with E-state index in [0.29, 0.717) is 16.3 Å². The van der Waals surface area contributed by atoms with Gasteiger partial charge in [0.05, 0.1) is 11.3 Å². The smallest absolute Gasteiger partial charge is 0.235 e. The molecule has 20 heavy (non-hydrogen) atoms. The van der Waals surface area contributed by atoms with E-state index in [1.165, 1.54) is 23.1 Å². The zero-order chi connectivity index (χ0) is 14.5. The Morgan fingerprint density at radius 1 is 1.50 bits per heavy atom. The topological polar surface area (TPSA) is 78.9 Å². The molecule has 4 nitrogen and oxygen atoms in total. The highest BCUT2D eigenvalue weighted by Crippen LogP contribution is 2.26. The van der Waals surface area contributed by atoms with E-state index in [0.717, 1.165) is 10.5 Å². The molecule has 1 heterocycles. The fourth-order valence-corrected chi connectivity index (χ4v) is 3.20. The number of carbonyl (C=O) groups is 1. The van der Waals surface area contributed by atoms with Crippen molar-refractivity contribution in [1.82, 2.24) is 0 Å². The van der Waals surface area contributed by atoms with Crippen molar-refractivity contribution in [2.45, 2.75) is 11.8 Å². The first-order valence-corrected chi connectivity index (χ1v) is 7.73. The molecule has 0 fully saturated rings. The van der Waals surface area contributed by atoms with Crippen LogP contribution in [0, 0.1) is 18.3 Å². The van der Waals surface area contributed by atoms with E-state index in [9.17, 15) is 4.79 Å². The molecule has 0 unspecified atom stereocenters. The summed E-state index contributed by atoms with van der Waals surface area (Å²) in [5.74, 6) is 0.156. The third-order valence-corrected chi connectivity index (χ3v) is 4.60. The maximum absolute atomic E-state index is 11.9. The molecule has 2 aromatic rings. The maximum atomic E-state index is 11.9. The summed E-state index contributed by atoms with van der Waals surface area (Å²) in [6.45, 7) is 1.98. The second kappa shape index (κ2) is 6.46. The number of nitrogens with two attached hydrogens (primary N) is 1. The van der Waals surface area contributed by atoms with Crippen molar-refractivity contribution >= 4 is 39.7 Å². The molecule has 0 atom stereocenters. The number of nitriles is 1. The molecule has 0 aliphatic heterocycles. The highest BCUT2D eigenvalue weighted by atomic mass is 32.2. The minimum Gasteiger partial charge on any atom is -0.399 e. The van der Waals surface area contributed by atoms with Gasteiger partial charge in [0, 0.05) is 10.6 Å². The average molecular weight is 303 g/mol. The van der Waals surface area contributed by atoms with Crippen molar-refractivity contribution < 1.29 is 4.79 Å². The molecule has 1 aromatic carbocycles. The quantitative estimate of drug-likeness (QED) is 0.671. The van der Waals surface area contributed by atoms with Crippen LogP contribution in [0.1, 0.15) is 11.1 Å². The van der Waals surface area contributed by atoms with Crippen molar-refractivity contribution in [1.29, 1.82) is 5.26 Å². The highest BCUT2D eigenvalue weighted by molar-refractivity contribution is 8.00. The molecule has 0 aliphatic carbocycles. The van der Waals surface area contributed by atoms with Crippen molar-refractivity contribution in [2.75, 3.05) is 16.8 Å². The van der Waals surface area contributed by atoms with Gasteiger partial charge in [-0.3, -0.25) is 4.79 Å². The van der Waals surface area contributed by atoms with Crippen molar-refractivity contribution in [3.63, 3.8) is 0 Å². The van der Waals surface area contributed by atoms with Crippen LogP contribution in [0.5, 0.6) is 0 Å². The number of aryl methyl sites for hydroxylation is 1. The van der Waals surface area contributed by atoms with Gasteiger partial charge in [-0.1, -0.05) is 6.07 Å². The van der Waals surface area contributed by atoms with Crippen LogP contribution in [-0.4, -0.2) is 11.7 Å². The van der Waals surface area contributed by atoms with Gasteiger partial charge in [0.1, 0.15) is 11.1 Å². The number of rotatable bonds is 4. The lowest BCUT2D eigenvalue weighted by Crippen LogP contribution is -2.13. The maximum Gasteiger partial charge on any atom is 0.235 e. The lowest BCUT2D eigenvalue weighted by Gasteiger charge is -2.07. The predicted octanol–water partition coefficient (Wildman–Crippen LogP) is 3.24. The number of nitrogens with zero attached hydrogens (tertiary/aromatic N) is 1. The van der Waals surface area contributed by atoms with Gasteiger partial charge in [-0.05, 0) is 36.1 Å². The third kappa shape index (κ3) is 3.53.